The molecule has 1 unspecified atom stereocenters. The molecular weight excluding hydrogens is 420 g/mol. The lowest BCUT2D eigenvalue weighted by Crippen LogP contribution is -2.50. The van der Waals surface area contributed by atoms with Crippen molar-refractivity contribution in [1.29, 1.82) is 0 Å². The minimum absolute atomic E-state index is 0.0589. The predicted octanol–water partition coefficient (Wildman–Crippen LogP) is 4.06. The quantitative estimate of drug-likeness (QED) is 0.506. The Hall–Kier alpha value is -3.35. The molecule has 1 fully saturated rings. The monoisotopic (exact) mass is 450 g/mol. The number of carboxylic acids is 1. The Morgan fingerprint density at radius 3 is 2.15 bits per heavy atom. The van der Waals surface area contributed by atoms with Crippen LogP contribution in [0.1, 0.15) is 56.1 Å². The summed E-state index contributed by atoms with van der Waals surface area (Å²) < 4.78 is 5.57. The molecule has 0 radical (unpaired) electrons. The van der Waals surface area contributed by atoms with E-state index in [4.69, 9.17) is 9.84 Å². The van der Waals surface area contributed by atoms with Crippen molar-refractivity contribution in [3.05, 3.63) is 59.7 Å². The fourth-order valence-corrected chi connectivity index (χ4v) is 4.65. The molecule has 0 saturated heterocycles. The summed E-state index contributed by atoms with van der Waals surface area (Å²) in [6.45, 7) is 2.10. The summed E-state index contributed by atoms with van der Waals surface area (Å²) in [5.41, 5.74) is 4.54. The van der Waals surface area contributed by atoms with Crippen molar-refractivity contribution in [2.24, 2.45) is 5.92 Å². The van der Waals surface area contributed by atoms with Gasteiger partial charge in [0.15, 0.2) is 0 Å². The van der Waals surface area contributed by atoms with E-state index in [1.165, 1.54) is 0 Å². The second-order valence-electron chi connectivity index (χ2n) is 8.86. The maximum absolute atomic E-state index is 12.8. The minimum Gasteiger partial charge on any atom is -0.481 e. The van der Waals surface area contributed by atoms with E-state index in [1.807, 2.05) is 31.2 Å². The Bertz CT molecular complexity index is 987. The zero-order valence-corrected chi connectivity index (χ0v) is 18.8. The molecule has 2 aliphatic rings. The van der Waals surface area contributed by atoms with Crippen molar-refractivity contribution < 1.29 is 24.2 Å². The number of benzene rings is 2. The standard InChI is InChI=1S/C26H30N2O5/c1-2-7-22(25(31)27-23(14-24(29)30)16-12-13-16)28-26(32)33-15-21-19-10-5-3-8-17(19)18-9-4-6-11-20(18)21/h3-6,8-11,16,21-23H,2,7,12-15H2,1H3,(H,27,31)(H,28,32)(H,29,30)/t22-,23?/m0/s1. The van der Waals surface area contributed by atoms with Crippen LogP contribution < -0.4 is 10.6 Å². The first-order valence-electron chi connectivity index (χ1n) is 11.6. The van der Waals surface area contributed by atoms with Crippen molar-refractivity contribution >= 4 is 18.0 Å². The van der Waals surface area contributed by atoms with Gasteiger partial charge in [-0.2, -0.15) is 0 Å². The van der Waals surface area contributed by atoms with Crippen molar-refractivity contribution in [2.45, 2.75) is 57.0 Å². The van der Waals surface area contributed by atoms with E-state index in [-0.39, 0.29) is 30.8 Å². The highest BCUT2D eigenvalue weighted by molar-refractivity contribution is 5.86. The molecule has 7 nitrogen and oxygen atoms in total. The van der Waals surface area contributed by atoms with Gasteiger partial charge in [0.1, 0.15) is 12.6 Å². The minimum atomic E-state index is -0.941. The molecule has 0 heterocycles. The fourth-order valence-electron chi connectivity index (χ4n) is 4.65. The molecule has 0 aliphatic heterocycles. The van der Waals surface area contributed by atoms with Crippen LogP contribution in [0.4, 0.5) is 4.79 Å². The lowest BCUT2D eigenvalue weighted by molar-refractivity contribution is -0.138. The number of alkyl carbamates (subject to hydrolysis) is 1. The van der Waals surface area contributed by atoms with Crippen LogP contribution in [-0.4, -0.2) is 41.8 Å². The first-order valence-corrected chi connectivity index (χ1v) is 11.6. The summed E-state index contributed by atoms with van der Waals surface area (Å²) in [7, 11) is 0. The van der Waals surface area contributed by atoms with E-state index < -0.39 is 24.1 Å². The number of carbonyl (C=O) groups excluding carboxylic acids is 2. The highest BCUT2D eigenvalue weighted by Gasteiger charge is 2.35. The summed E-state index contributed by atoms with van der Waals surface area (Å²) in [6, 6.07) is 15.0. The highest BCUT2D eigenvalue weighted by atomic mass is 16.5. The van der Waals surface area contributed by atoms with Crippen LogP contribution in [0, 0.1) is 5.92 Å². The fraction of sp³-hybridized carbons (Fsp3) is 0.423. The average Bonchev–Trinajstić information content (AvgIpc) is 3.60. The third-order valence-corrected chi connectivity index (χ3v) is 6.44. The Labute approximate surface area is 193 Å². The Kier molecular flexibility index (Phi) is 6.96. The first-order chi connectivity index (χ1) is 16.0. The van der Waals surface area contributed by atoms with E-state index >= 15 is 0 Å². The molecular formula is C26H30N2O5. The van der Waals surface area contributed by atoms with Gasteiger partial charge in [-0.05, 0) is 47.4 Å². The number of hydrogen-bond donors (Lipinski definition) is 3. The molecule has 0 aromatic heterocycles. The number of aliphatic carboxylic acids is 1. The third-order valence-electron chi connectivity index (χ3n) is 6.44. The lowest BCUT2D eigenvalue weighted by Gasteiger charge is -2.22. The van der Waals surface area contributed by atoms with Gasteiger partial charge >= 0.3 is 12.1 Å². The summed E-state index contributed by atoms with van der Waals surface area (Å²) in [5, 5.41) is 14.7. The number of carboxylic acid groups (broad SMARTS) is 1. The molecule has 2 amide bonds. The van der Waals surface area contributed by atoms with E-state index in [9.17, 15) is 14.4 Å². The van der Waals surface area contributed by atoms with Crippen LogP contribution in [0.15, 0.2) is 48.5 Å². The van der Waals surface area contributed by atoms with Gasteiger partial charge in [-0.1, -0.05) is 61.9 Å². The van der Waals surface area contributed by atoms with E-state index in [2.05, 4.69) is 34.9 Å². The van der Waals surface area contributed by atoms with Gasteiger partial charge in [-0.3, -0.25) is 9.59 Å². The summed E-state index contributed by atoms with van der Waals surface area (Å²) in [6.07, 6.45) is 2.20. The van der Waals surface area contributed by atoms with Gasteiger partial charge < -0.3 is 20.5 Å². The largest absolute Gasteiger partial charge is 0.481 e. The van der Waals surface area contributed by atoms with E-state index in [0.717, 1.165) is 35.1 Å². The van der Waals surface area contributed by atoms with Gasteiger partial charge in [0.25, 0.3) is 0 Å². The number of carbonyl (C=O) groups is 3. The number of fused-ring (bicyclic) bond motifs is 3. The lowest BCUT2D eigenvalue weighted by atomic mass is 9.98. The van der Waals surface area contributed by atoms with Crippen LogP contribution in [0.2, 0.25) is 0 Å². The normalized spacial score (nSPS) is 16.3. The molecule has 2 aromatic carbocycles. The molecule has 2 aromatic rings. The first kappa shape index (κ1) is 22.8. The molecule has 4 rings (SSSR count). The molecule has 2 atom stereocenters. The zero-order chi connectivity index (χ0) is 23.4. The van der Waals surface area contributed by atoms with Gasteiger partial charge in [-0.15, -0.1) is 0 Å². The third kappa shape index (κ3) is 5.35. The van der Waals surface area contributed by atoms with Gasteiger partial charge in [0.2, 0.25) is 5.91 Å². The van der Waals surface area contributed by atoms with E-state index in [1.54, 1.807) is 0 Å². The Morgan fingerprint density at radius 1 is 1.00 bits per heavy atom. The van der Waals surface area contributed by atoms with Gasteiger partial charge in [-0.25, -0.2) is 4.79 Å². The number of nitrogens with one attached hydrogen (secondary N) is 2. The maximum Gasteiger partial charge on any atom is 0.407 e. The Morgan fingerprint density at radius 2 is 1.61 bits per heavy atom. The summed E-state index contributed by atoms with van der Waals surface area (Å²) in [5.74, 6) is -1.16. The second-order valence-corrected chi connectivity index (χ2v) is 8.86. The summed E-state index contributed by atoms with van der Waals surface area (Å²) in [4.78, 5) is 36.6. The van der Waals surface area contributed by atoms with Crippen molar-refractivity contribution in [2.75, 3.05) is 6.61 Å². The predicted molar refractivity (Wildman–Crippen MR) is 124 cm³/mol. The van der Waals surface area contributed by atoms with Crippen molar-refractivity contribution in [3.63, 3.8) is 0 Å². The Balaban J connectivity index is 1.37. The molecule has 3 N–H and O–H groups in total. The number of hydrogen-bond acceptors (Lipinski definition) is 4. The molecule has 1 saturated carbocycles. The SMILES string of the molecule is CCC[C@H](NC(=O)OCC1c2ccccc2-c2ccccc21)C(=O)NC(CC(=O)O)C1CC1. The second kappa shape index (κ2) is 10.1. The van der Waals surface area contributed by atoms with Crippen LogP contribution in [-0.2, 0) is 14.3 Å². The van der Waals surface area contributed by atoms with Crippen molar-refractivity contribution in [3.8, 4) is 11.1 Å². The van der Waals surface area contributed by atoms with Crippen LogP contribution in [0.3, 0.4) is 0 Å². The zero-order valence-electron chi connectivity index (χ0n) is 18.8. The molecule has 33 heavy (non-hydrogen) atoms. The molecule has 2 aliphatic carbocycles. The molecule has 0 spiro atoms. The smallest absolute Gasteiger partial charge is 0.407 e. The maximum atomic E-state index is 12.8. The van der Waals surface area contributed by atoms with Crippen molar-refractivity contribution in [1.82, 2.24) is 10.6 Å². The molecule has 0 bridgehead atoms. The topological polar surface area (TPSA) is 105 Å². The highest BCUT2D eigenvalue weighted by Crippen LogP contribution is 2.44. The average molecular weight is 451 g/mol. The van der Waals surface area contributed by atoms with Gasteiger partial charge in [0, 0.05) is 12.0 Å². The molecule has 174 valence electrons. The summed E-state index contributed by atoms with van der Waals surface area (Å²) >= 11 is 0. The van der Waals surface area contributed by atoms with Gasteiger partial charge in [0.05, 0.1) is 6.42 Å². The molecule has 7 heteroatoms. The number of rotatable bonds is 10. The number of ether oxygens (including phenoxy) is 1. The number of amides is 2. The van der Waals surface area contributed by atoms with Crippen LogP contribution in [0.5, 0.6) is 0 Å². The van der Waals surface area contributed by atoms with Crippen LogP contribution >= 0.6 is 0 Å². The van der Waals surface area contributed by atoms with Crippen LogP contribution in [0.25, 0.3) is 11.1 Å². The van der Waals surface area contributed by atoms with E-state index in [0.29, 0.717) is 12.8 Å².